The smallest absolute Gasteiger partial charge is 0.322 e. The Kier molecular flexibility index (Phi) is 7.75. The molecule has 3 N–H and O–H groups in total. The zero-order valence-corrected chi connectivity index (χ0v) is 17.1. The number of rotatable bonds is 6. The van der Waals surface area contributed by atoms with Gasteiger partial charge in [-0.2, -0.15) is 0 Å². The van der Waals surface area contributed by atoms with Crippen molar-refractivity contribution in [3.05, 3.63) is 71.0 Å². The Labute approximate surface area is 167 Å². The zero-order chi connectivity index (χ0) is 20.5. The van der Waals surface area contributed by atoms with Gasteiger partial charge in [-0.15, -0.1) is 0 Å². The second-order valence-electron chi connectivity index (χ2n) is 6.64. The van der Waals surface area contributed by atoms with E-state index in [2.05, 4.69) is 15.3 Å². The van der Waals surface area contributed by atoms with Crippen LogP contribution in [-0.2, 0) is 0 Å². The lowest BCUT2D eigenvalue weighted by atomic mass is 10.1. The molecule has 0 atom stereocenters. The Morgan fingerprint density at radius 3 is 2.82 bits per heavy atom. The summed E-state index contributed by atoms with van der Waals surface area (Å²) < 4.78 is 0. The van der Waals surface area contributed by atoms with Crippen molar-refractivity contribution < 1.29 is 4.79 Å². The van der Waals surface area contributed by atoms with Gasteiger partial charge in [-0.1, -0.05) is 25.1 Å². The molecule has 0 unspecified atom stereocenters. The molecule has 0 aliphatic carbocycles. The summed E-state index contributed by atoms with van der Waals surface area (Å²) in [6, 6.07) is 3.71. The molecular weight excluding hydrogens is 350 g/mol. The lowest BCUT2D eigenvalue weighted by Gasteiger charge is -2.19. The molecule has 6 nitrogen and oxygen atoms in total. The summed E-state index contributed by atoms with van der Waals surface area (Å²) in [6.45, 7) is 8.95. The second kappa shape index (κ2) is 10.3. The van der Waals surface area contributed by atoms with E-state index in [9.17, 15) is 4.79 Å². The number of aromatic nitrogens is 1. The van der Waals surface area contributed by atoms with E-state index < -0.39 is 0 Å². The summed E-state index contributed by atoms with van der Waals surface area (Å²) in [5.41, 5.74) is 11.5. The molecule has 0 aromatic carbocycles. The topological polar surface area (TPSA) is 83.6 Å². The first kappa shape index (κ1) is 21.2. The van der Waals surface area contributed by atoms with E-state index in [4.69, 9.17) is 5.73 Å². The van der Waals surface area contributed by atoms with Crippen LogP contribution < -0.4 is 11.1 Å². The summed E-state index contributed by atoms with van der Waals surface area (Å²) >= 11 is 0. The number of carbonyl (C=O) groups is 1. The van der Waals surface area contributed by atoms with Gasteiger partial charge < -0.3 is 16.0 Å². The molecule has 1 aromatic heterocycles. The maximum Gasteiger partial charge on any atom is 0.322 e. The van der Waals surface area contributed by atoms with Crippen molar-refractivity contribution in [3.63, 3.8) is 0 Å². The molecule has 0 spiro atoms. The SMILES string of the molecule is CC=NC1=C(C)CN(C(=O)NC(=C\CC)/C(N)=C\C=C(/C)c2cccnc2)C1. The average molecular weight is 380 g/mol. The van der Waals surface area contributed by atoms with E-state index in [0.29, 0.717) is 24.5 Å². The molecule has 6 heteroatoms. The third-order valence-electron chi connectivity index (χ3n) is 4.42. The first-order valence-electron chi connectivity index (χ1n) is 9.44. The zero-order valence-electron chi connectivity index (χ0n) is 17.1. The maximum atomic E-state index is 12.7. The number of amides is 2. The van der Waals surface area contributed by atoms with Crippen LogP contribution >= 0.6 is 0 Å². The van der Waals surface area contributed by atoms with Gasteiger partial charge in [0, 0.05) is 25.2 Å². The maximum absolute atomic E-state index is 12.7. The van der Waals surface area contributed by atoms with Crippen molar-refractivity contribution >= 4 is 17.8 Å². The largest absolute Gasteiger partial charge is 0.397 e. The molecule has 1 aliphatic heterocycles. The second-order valence-corrected chi connectivity index (χ2v) is 6.64. The van der Waals surface area contributed by atoms with Gasteiger partial charge in [0.25, 0.3) is 0 Å². The highest BCUT2D eigenvalue weighted by Gasteiger charge is 2.23. The number of hydrogen-bond acceptors (Lipinski definition) is 4. The summed E-state index contributed by atoms with van der Waals surface area (Å²) in [7, 11) is 0. The van der Waals surface area contributed by atoms with Crippen molar-refractivity contribution in [1.82, 2.24) is 15.2 Å². The molecule has 0 bridgehead atoms. The van der Waals surface area contributed by atoms with Crippen LogP contribution in [0.4, 0.5) is 4.79 Å². The highest BCUT2D eigenvalue weighted by atomic mass is 16.2. The molecule has 0 radical (unpaired) electrons. The molecule has 0 fully saturated rings. The van der Waals surface area contributed by atoms with Crippen molar-refractivity contribution in [3.8, 4) is 0 Å². The summed E-state index contributed by atoms with van der Waals surface area (Å²) in [5, 5.41) is 2.94. The van der Waals surface area contributed by atoms with Gasteiger partial charge in [0.1, 0.15) is 0 Å². The standard InChI is InChI=1S/C22H29N5O/c1-5-8-20(19(23)11-10-16(3)18-9-7-12-24-13-18)26-22(28)27-14-17(4)21(15-27)25-6-2/h6-13H,5,14-15,23H2,1-4H3,(H,26,28)/b16-10+,19-11+,20-8-,25-6?. The van der Waals surface area contributed by atoms with Crippen molar-refractivity contribution in [1.29, 1.82) is 0 Å². The van der Waals surface area contributed by atoms with Crippen LogP contribution in [0.1, 0.15) is 39.7 Å². The van der Waals surface area contributed by atoms with E-state index >= 15 is 0 Å². The molecule has 2 rings (SSSR count). The molecule has 148 valence electrons. The van der Waals surface area contributed by atoms with Crippen LogP contribution in [0.2, 0.25) is 0 Å². The highest BCUT2D eigenvalue weighted by Crippen LogP contribution is 2.18. The molecule has 2 amide bonds. The third-order valence-corrected chi connectivity index (χ3v) is 4.42. The van der Waals surface area contributed by atoms with Crippen molar-refractivity contribution in [2.75, 3.05) is 13.1 Å². The Morgan fingerprint density at radius 2 is 2.18 bits per heavy atom. The van der Waals surface area contributed by atoms with E-state index in [0.717, 1.165) is 28.8 Å². The first-order valence-corrected chi connectivity index (χ1v) is 9.44. The molecule has 0 saturated heterocycles. The summed E-state index contributed by atoms with van der Waals surface area (Å²) in [6.07, 6.45) is 11.7. The summed E-state index contributed by atoms with van der Waals surface area (Å²) in [4.78, 5) is 22.9. The van der Waals surface area contributed by atoms with Crippen LogP contribution in [0.3, 0.4) is 0 Å². The molecule has 0 saturated carbocycles. The average Bonchev–Trinajstić information content (AvgIpc) is 3.07. The van der Waals surface area contributed by atoms with Gasteiger partial charge in [0.2, 0.25) is 0 Å². The first-order chi connectivity index (χ1) is 13.5. The number of nitrogens with one attached hydrogen (secondary N) is 1. The fourth-order valence-corrected chi connectivity index (χ4v) is 2.84. The van der Waals surface area contributed by atoms with E-state index in [1.165, 1.54) is 0 Å². The van der Waals surface area contributed by atoms with E-state index in [1.54, 1.807) is 23.5 Å². The molecule has 1 aliphatic rings. The molecule has 1 aromatic rings. The number of pyridine rings is 1. The predicted molar refractivity (Wildman–Crippen MR) is 116 cm³/mol. The Hall–Kier alpha value is -3.15. The van der Waals surface area contributed by atoms with Gasteiger partial charge >= 0.3 is 6.03 Å². The van der Waals surface area contributed by atoms with Crippen molar-refractivity contribution in [2.45, 2.75) is 34.1 Å². The van der Waals surface area contributed by atoms with Gasteiger partial charge in [-0.25, -0.2) is 4.79 Å². The fourth-order valence-electron chi connectivity index (χ4n) is 2.84. The van der Waals surface area contributed by atoms with Crippen LogP contribution in [0.25, 0.3) is 5.57 Å². The van der Waals surface area contributed by atoms with Gasteiger partial charge in [-0.3, -0.25) is 9.98 Å². The molecule has 28 heavy (non-hydrogen) atoms. The highest BCUT2D eigenvalue weighted by molar-refractivity contribution is 5.78. The van der Waals surface area contributed by atoms with Crippen LogP contribution in [-0.4, -0.2) is 35.2 Å². The number of urea groups is 1. The number of nitrogens with zero attached hydrogens (tertiary/aromatic N) is 3. The van der Waals surface area contributed by atoms with Gasteiger partial charge in [-0.05, 0) is 56.0 Å². The normalized spacial score (nSPS) is 16.3. The van der Waals surface area contributed by atoms with Gasteiger partial charge in [0.05, 0.1) is 23.6 Å². The minimum Gasteiger partial charge on any atom is -0.397 e. The number of aliphatic imine (C=N–C) groups is 1. The summed E-state index contributed by atoms with van der Waals surface area (Å²) in [5.74, 6) is 0. The lowest BCUT2D eigenvalue weighted by molar-refractivity contribution is 0.212. The Bertz CT molecular complexity index is 847. The minimum atomic E-state index is -0.176. The van der Waals surface area contributed by atoms with Crippen molar-refractivity contribution in [2.24, 2.45) is 10.7 Å². The third kappa shape index (κ3) is 5.67. The number of nitrogens with two attached hydrogens (primary N) is 1. The minimum absolute atomic E-state index is 0.176. The number of allylic oxidation sites excluding steroid dienone is 4. The number of hydrogen-bond donors (Lipinski definition) is 2. The Morgan fingerprint density at radius 1 is 1.39 bits per heavy atom. The van der Waals surface area contributed by atoms with Crippen LogP contribution in [0.5, 0.6) is 0 Å². The van der Waals surface area contributed by atoms with Crippen LogP contribution in [0.15, 0.2) is 70.4 Å². The van der Waals surface area contributed by atoms with Crippen LogP contribution in [0, 0.1) is 0 Å². The van der Waals surface area contributed by atoms with E-state index in [1.807, 2.05) is 58.1 Å². The van der Waals surface area contributed by atoms with E-state index in [-0.39, 0.29) is 6.03 Å². The van der Waals surface area contributed by atoms with Gasteiger partial charge in [0.15, 0.2) is 0 Å². The molecular formula is C22H29N5O. The lowest BCUT2D eigenvalue weighted by Crippen LogP contribution is -2.39. The quantitative estimate of drug-likeness (QED) is 0.578. The molecule has 2 heterocycles. The fraction of sp³-hybridized carbons (Fsp3) is 0.318. The predicted octanol–water partition coefficient (Wildman–Crippen LogP) is 4.01. The Balaban J connectivity index is 2.09. The monoisotopic (exact) mass is 379 g/mol. The number of carbonyl (C=O) groups excluding carboxylic acids is 1.